The summed E-state index contributed by atoms with van der Waals surface area (Å²) in [5, 5.41) is 0.901. The topological polar surface area (TPSA) is 55.0 Å². The van der Waals surface area contributed by atoms with Crippen LogP contribution < -0.4 is 4.74 Å². The number of ketones is 1. The number of aromatic amines is 1. The summed E-state index contributed by atoms with van der Waals surface area (Å²) in [7, 11) is 1.59. The molecule has 0 saturated carbocycles. The van der Waals surface area contributed by atoms with Gasteiger partial charge in [-0.1, -0.05) is 24.3 Å². The van der Waals surface area contributed by atoms with Crippen LogP contribution in [0.15, 0.2) is 66.9 Å². The van der Waals surface area contributed by atoms with Crippen LogP contribution in [0, 0.1) is 0 Å². The summed E-state index contributed by atoms with van der Waals surface area (Å²) in [6.45, 7) is 0. The van der Waals surface area contributed by atoms with Gasteiger partial charge in [0.2, 0.25) is 0 Å². The second-order valence-corrected chi connectivity index (χ2v) is 6.82. The lowest BCUT2D eigenvalue weighted by Crippen LogP contribution is -2.08. The van der Waals surface area contributed by atoms with Gasteiger partial charge in [0.05, 0.1) is 18.4 Å². The van der Waals surface area contributed by atoms with Crippen molar-refractivity contribution >= 4 is 16.7 Å². The zero-order chi connectivity index (χ0) is 21.3. The molecule has 4 aromatic rings. The summed E-state index contributed by atoms with van der Waals surface area (Å²) in [4.78, 5) is 20.2. The van der Waals surface area contributed by atoms with E-state index in [4.69, 9.17) is 4.74 Å². The van der Waals surface area contributed by atoms with Gasteiger partial charge in [0, 0.05) is 29.1 Å². The molecule has 4 rings (SSSR count). The average molecular weight is 410 g/mol. The third-order valence-electron chi connectivity index (χ3n) is 4.84. The first-order chi connectivity index (χ1) is 14.3. The van der Waals surface area contributed by atoms with E-state index in [1.165, 1.54) is 12.1 Å². The first-order valence-corrected chi connectivity index (χ1v) is 9.17. The van der Waals surface area contributed by atoms with E-state index >= 15 is 0 Å². The zero-order valence-corrected chi connectivity index (χ0v) is 16.0. The Balaban J connectivity index is 1.58. The molecule has 4 nitrogen and oxygen atoms in total. The molecule has 0 unspecified atom stereocenters. The van der Waals surface area contributed by atoms with E-state index in [0.717, 1.165) is 28.6 Å². The molecule has 2 aromatic heterocycles. The van der Waals surface area contributed by atoms with Crippen LogP contribution >= 0.6 is 0 Å². The van der Waals surface area contributed by atoms with Crippen molar-refractivity contribution in [2.75, 3.05) is 7.11 Å². The Morgan fingerprint density at radius 1 is 1.07 bits per heavy atom. The number of alkyl halides is 3. The minimum atomic E-state index is -4.40. The number of fused-ring (bicyclic) bond motifs is 1. The second-order valence-electron chi connectivity index (χ2n) is 6.82. The predicted molar refractivity (Wildman–Crippen MR) is 108 cm³/mol. The molecule has 0 aliphatic heterocycles. The molecule has 0 aliphatic rings. The van der Waals surface area contributed by atoms with Crippen LogP contribution in [0.25, 0.3) is 22.2 Å². The lowest BCUT2D eigenvalue weighted by Gasteiger charge is -2.08. The molecule has 0 aliphatic carbocycles. The van der Waals surface area contributed by atoms with Crippen molar-refractivity contribution in [3.63, 3.8) is 0 Å². The number of halogens is 3. The molecule has 152 valence electrons. The van der Waals surface area contributed by atoms with Crippen molar-refractivity contribution in [2.45, 2.75) is 12.6 Å². The molecule has 0 bridgehead atoms. The largest absolute Gasteiger partial charge is 0.495 e. The van der Waals surface area contributed by atoms with E-state index in [1.54, 1.807) is 31.5 Å². The van der Waals surface area contributed by atoms with Crippen LogP contribution in [-0.2, 0) is 12.6 Å². The number of pyridine rings is 1. The van der Waals surface area contributed by atoms with Gasteiger partial charge in [-0.25, -0.2) is 4.98 Å². The van der Waals surface area contributed by atoms with Crippen LogP contribution in [-0.4, -0.2) is 22.9 Å². The van der Waals surface area contributed by atoms with Crippen molar-refractivity contribution in [3.05, 3.63) is 83.7 Å². The number of Topliss-reactive ketones (excluding diaryl/α,β-unsaturated/α-hetero) is 1. The molecule has 0 spiro atoms. The van der Waals surface area contributed by atoms with Crippen molar-refractivity contribution in [1.82, 2.24) is 9.97 Å². The van der Waals surface area contributed by atoms with Gasteiger partial charge in [0.25, 0.3) is 0 Å². The molecule has 0 saturated heterocycles. The summed E-state index contributed by atoms with van der Waals surface area (Å²) >= 11 is 0. The fourth-order valence-electron chi connectivity index (χ4n) is 3.26. The first-order valence-electron chi connectivity index (χ1n) is 9.17. The molecule has 7 heteroatoms. The summed E-state index contributed by atoms with van der Waals surface area (Å²) in [6.07, 6.45) is -2.66. The molecule has 2 aromatic carbocycles. The quantitative estimate of drug-likeness (QED) is 0.431. The minimum absolute atomic E-state index is 0.0285. The summed E-state index contributed by atoms with van der Waals surface area (Å²) in [5.41, 5.74) is 2.38. The van der Waals surface area contributed by atoms with Crippen molar-refractivity contribution in [3.8, 4) is 17.0 Å². The second kappa shape index (κ2) is 7.67. The number of aromatic nitrogens is 2. The van der Waals surface area contributed by atoms with E-state index in [2.05, 4.69) is 9.97 Å². The highest BCUT2D eigenvalue weighted by Crippen LogP contribution is 2.30. The maximum absolute atomic E-state index is 12.7. The molecule has 0 amide bonds. The molecular formula is C23H17F3N2O2. The lowest BCUT2D eigenvalue weighted by atomic mass is 10.0. The number of hydrogen-bond donors (Lipinski definition) is 1. The third-order valence-corrected chi connectivity index (χ3v) is 4.84. The molecular weight excluding hydrogens is 393 g/mol. The first kappa shape index (κ1) is 19.7. The third kappa shape index (κ3) is 3.91. The van der Waals surface area contributed by atoms with Gasteiger partial charge in [0.1, 0.15) is 11.4 Å². The fraction of sp³-hybridized carbons (Fsp3) is 0.130. The summed E-state index contributed by atoms with van der Waals surface area (Å²) in [6, 6.07) is 15.5. The number of benzene rings is 2. The van der Waals surface area contributed by atoms with Crippen molar-refractivity contribution < 1.29 is 22.7 Å². The Morgan fingerprint density at radius 2 is 1.83 bits per heavy atom. The number of nitrogens with zero attached hydrogens (tertiary/aromatic N) is 1. The zero-order valence-electron chi connectivity index (χ0n) is 16.0. The number of methoxy groups -OCH3 is 1. The maximum atomic E-state index is 12.7. The Hall–Kier alpha value is -3.61. The van der Waals surface area contributed by atoms with Crippen LogP contribution in [0.3, 0.4) is 0 Å². The normalized spacial score (nSPS) is 11.6. The lowest BCUT2D eigenvalue weighted by molar-refractivity contribution is -0.137. The summed E-state index contributed by atoms with van der Waals surface area (Å²) < 4.78 is 43.4. The molecule has 0 atom stereocenters. The molecule has 2 heterocycles. The number of nitrogens with one attached hydrogen (secondary N) is 1. The number of carbonyl (C=O) groups is 1. The van der Waals surface area contributed by atoms with Gasteiger partial charge >= 0.3 is 6.18 Å². The number of rotatable bonds is 5. The molecule has 1 N–H and O–H groups in total. The minimum Gasteiger partial charge on any atom is -0.495 e. The molecule has 0 radical (unpaired) electrons. The fourth-order valence-corrected chi connectivity index (χ4v) is 3.26. The van der Waals surface area contributed by atoms with Crippen LogP contribution in [0.1, 0.15) is 21.6 Å². The predicted octanol–water partition coefficient (Wildman–Crippen LogP) is 5.68. The maximum Gasteiger partial charge on any atom is 0.416 e. The SMILES string of the molecule is COc1c[nH]c2ccc(-c3cccc(C(=O)Cc4ccc(C(F)(F)F)cc4)n3)cc12. The van der Waals surface area contributed by atoms with Crippen LogP contribution in [0.4, 0.5) is 13.2 Å². The standard InChI is InChI=1S/C23H17F3N2O2/c1-30-22-13-27-19-10-7-15(12-17(19)22)18-3-2-4-20(28-18)21(29)11-14-5-8-16(9-6-14)23(24,25)26/h2-10,12-13,27H,11H2,1H3. The van der Waals surface area contributed by atoms with Gasteiger partial charge in [-0.15, -0.1) is 0 Å². The van der Waals surface area contributed by atoms with Gasteiger partial charge in [-0.05, 0) is 42.0 Å². The Bertz CT molecular complexity index is 1210. The smallest absolute Gasteiger partial charge is 0.416 e. The van der Waals surface area contributed by atoms with Gasteiger partial charge < -0.3 is 9.72 Å². The molecule has 0 fully saturated rings. The Kier molecular flexibility index (Phi) is 5.03. The molecule has 30 heavy (non-hydrogen) atoms. The highest BCUT2D eigenvalue weighted by molar-refractivity contribution is 5.96. The van der Waals surface area contributed by atoms with Crippen LogP contribution in [0.2, 0.25) is 0 Å². The number of H-pyrrole nitrogens is 1. The monoisotopic (exact) mass is 410 g/mol. The van der Waals surface area contributed by atoms with E-state index < -0.39 is 11.7 Å². The Labute approximate surface area is 170 Å². The highest BCUT2D eigenvalue weighted by Gasteiger charge is 2.30. The summed E-state index contributed by atoms with van der Waals surface area (Å²) in [5.74, 6) is 0.443. The van der Waals surface area contributed by atoms with Crippen LogP contribution in [0.5, 0.6) is 5.75 Å². The number of ether oxygens (including phenoxy) is 1. The van der Waals surface area contributed by atoms with Gasteiger partial charge in [-0.3, -0.25) is 4.79 Å². The Morgan fingerprint density at radius 3 is 2.53 bits per heavy atom. The average Bonchev–Trinajstić information content (AvgIpc) is 3.16. The number of carbonyl (C=O) groups excluding carboxylic acids is 1. The van der Waals surface area contributed by atoms with Crippen molar-refractivity contribution in [2.24, 2.45) is 0 Å². The van der Waals surface area contributed by atoms with Gasteiger partial charge in [0.15, 0.2) is 5.78 Å². The van der Waals surface area contributed by atoms with E-state index in [9.17, 15) is 18.0 Å². The van der Waals surface area contributed by atoms with E-state index in [1.807, 2.05) is 18.2 Å². The van der Waals surface area contributed by atoms with Gasteiger partial charge in [-0.2, -0.15) is 13.2 Å². The van der Waals surface area contributed by atoms with Crippen molar-refractivity contribution in [1.29, 1.82) is 0 Å². The van der Waals surface area contributed by atoms with E-state index in [0.29, 0.717) is 17.0 Å². The van der Waals surface area contributed by atoms with E-state index in [-0.39, 0.29) is 17.9 Å². The highest BCUT2D eigenvalue weighted by atomic mass is 19.4. The number of hydrogen-bond acceptors (Lipinski definition) is 3.